The van der Waals surface area contributed by atoms with Crippen LogP contribution in [-0.4, -0.2) is 19.7 Å². The van der Waals surface area contributed by atoms with Gasteiger partial charge in [0.05, 0.1) is 17.7 Å². The molecule has 0 aliphatic carbocycles. The van der Waals surface area contributed by atoms with Gasteiger partial charge >= 0.3 is 5.69 Å². The predicted octanol–water partition coefficient (Wildman–Crippen LogP) is 0.739. The van der Waals surface area contributed by atoms with E-state index in [4.69, 9.17) is 12.2 Å². The van der Waals surface area contributed by atoms with Crippen LogP contribution in [0.25, 0.3) is 0 Å². The van der Waals surface area contributed by atoms with Gasteiger partial charge in [0.25, 0.3) is 0 Å². The quantitative estimate of drug-likeness (QED) is 0.724. The molecule has 2 rings (SSSR count). The van der Waals surface area contributed by atoms with E-state index >= 15 is 0 Å². The Morgan fingerprint density at radius 1 is 1.62 bits per heavy atom. The lowest BCUT2D eigenvalue weighted by Gasteiger charge is -1.94. The van der Waals surface area contributed by atoms with E-state index in [1.165, 1.54) is 15.9 Å². The molecule has 0 amide bonds. The smallest absolute Gasteiger partial charge is 0.272 e. The fourth-order valence-corrected chi connectivity index (χ4v) is 1.70. The number of thiazole rings is 1. The Bertz CT molecular complexity index is 464. The van der Waals surface area contributed by atoms with Gasteiger partial charge in [0, 0.05) is 5.38 Å². The third-order valence-electron chi connectivity index (χ3n) is 1.57. The van der Waals surface area contributed by atoms with Crippen molar-refractivity contribution < 1.29 is 0 Å². The molecule has 2 aromatic heterocycles. The third-order valence-corrected chi connectivity index (χ3v) is 2.53. The van der Waals surface area contributed by atoms with E-state index in [0.29, 0.717) is 11.3 Å². The van der Waals surface area contributed by atoms with E-state index in [-0.39, 0.29) is 5.69 Å². The Morgan fingerprint density at radius 3 is 3.00 bits per heavy atom. The molecule has 0 saturated carbocycles. The van der Waals surface area contributed by atoms with E-state index in [9.17, 15) is 4.79 Å². The van der Waals surface area contributed by atoms with Crippen molar-refractivity contribution in [2.24, 2.45) is 0 Å². The molecular formula is C6H6N4OS2. The minimum atomic E-state index is -0.238. The first-order chi connectivity index (χ1) is 6.27. The van der Waals surface area contributed by atoms with Crippen LogP contribution >= 0.6 is 23.6 Å². The van der Waals surface area contributed by atoms with Crippen molar-refractivity contribution in [1.82, 2.24) is 19.7 Å². The second-order valence-electron chi connectivity index (χ2n) is 2.43. The minimum Gasteiger partial charge on any atom is -0.272 e. The summed E-state index contributed by atoms with van der Waals surface area (Å²) in [6.07, 6.45) is 0. The molecule has 2 heterocycles. The molecule has 0 aliphatic rings. The molecular weight excluding hydrogens is 208 g/mol. The number of hydrogen-bond donors (Lipinski definition) is 2. The standard InChI is InChI=1S/C6H6N4OS2/c11-5-8-9-6(12)10(5)1-4-2-13-3-7-4/h2-3H,1H2,(H,8,11)(H,9,12). The SMILES string of the molecule is O=c1[nH][nH]c(=S)n1Cc1cscn1. The summed E-state index contributed by atoms with van der Waals surface area (Å²) in [4.78, 5) is 15.2. The van der Waals surface area contributed by atoms with E-state index in [1.54, 1.807) is 5.51 Å². The highest BCUT2D eigenvalue weighted by Gasteiger charge is 2.01. The number of H-pyrrole nitrogens is 2. The van der Waals surface area contributed by atoms with Crippen molar-refractivity contribution in [3.8, 4) is 0 Å². The van der Waals surface area contributed by atoms with Gasteiger partial charge in [-0.25, -0.2) is 14.9 Å². The zero-order valence-electron chi connectivity index (χ0n) is 6.48. The molecule has 68 valence electrons. The van der Waals surface area contributed by atoms with Gasteiger partial charge in [0.2, 0.25) is 0 Å². The van der Waals surface area contributed by atoms with Crippen molar-refractivity contribution in [2.45, 2.75) is 6.54 Å². The van der Waals surface area contributed by atoms with Crippen LogP contribution in [0.2, 0.25) is 0 Å². The summed E-state index contributed by atoms with van der Waals surface area (Å²) in [7, 11) is 0. The number of hydrogen-bond acceptors (Lipinski definition) is 4. The summed E-state index contributed by atoms with van der Waals surface area (Å²) in [5.74, 6) is 0. The molecule has 0 atom stereocenters. The summed E-state index contributed by atoms with van der Waals surface area (Å²) in [5, 5.41) is 6.85. The zero-order chi connectivity index (χ0) is 9.26. The van der Waals surface area contributed by atoms with Gasteiger partial charge < -0.3 is 0 Å². The lowest BCUT2D eigenvalue weighted by atomic mass is 10.5. The molecule has 0 fully saturated rings. The molecule has 0 spiro atoms. The van der Waals surface area contributed by atoms with Crippen molar-refractivity contribution in [1.29, 1.82) is 0 Å². The summed E-state index contributed by atoms with van der Waals surface area (Å²) in [5.41, 5.74) is 2.32. The number of nitrogens with zero attached hydrogens (tertiary/aromatic N) is 2. The van der Waals surface area contributed by atoms with Crippen LogP contribution in [0.4, 0.5) is 0 Å². The Kier molecular flexibility index (Phi) is 2.11. The Hall–Kier alpha value is -1.21. The number of aromatic amines is 2. The summed E-state index contributed by atoms with van der Waals surface area (Å²) in [6.45, 7) is 0.418. The van der Waals surface area contributed by atoms with Gasteiger partial charge in [0.1, 0.15) is 0 Å². The van der Waals surface area contributed by atoms with E-state index in [2.05, 4.69) is 15.2 Å². The molecule has 0 unspecified atom stereocenters. The lowest BCUT2D eigenvalue weighted by molar-refractivity contribution is 0.736. The second kappa shape index (κ2) is 3.27. The molecule has 0 aliphatic heterocycles. The van der Waals surface area contributed by atoms with Crippen molar-refractivity contribution in [2.75, 3.05) is 0 Å². The highest BCUT2D eigenvalue weighted by atomic mass is 32.1. The van der Waals surface area contributed by atoms with Crippen molar-refractivity contribution in [3.63, 3.8) is 0 Å². The molecule has 5 nitrogen and oxygen atoms in total. The van der Waals surface area contributed by atoms with Crippen molar-refractivity contribution in [3.05, 3.63) is 31.8 Å². The fourth-order valence-electron chi connectivity index (χ4n) is 0.955. The second-order valence-corrected chi connectivity index (χ2v) is 3.53. The highest BCUT2D eigenvalue weighted by Crippen LogP contribution is 2.01. The van der Waals surface area contributed by atoms with Gasteiger partial charge in [-0.05, 0) is 12.2 Å². The molecule has 7 heteroatoms. The molecule has 0 aromatic carbocycles. The predicted molar refractivity (Wildman–Crippen MR) is 51.5 cm³/mol. The Morgan fingerprint density at radius 2 is 2.46 bits per heavy atom. The zero-order valence-corrected chi connectivity index (χ0v) is 8.11. The summed E-state index contributed by atoms with van der Waals surface area (Å²) < 4.78 is 1.81. The monoisotopic (exact) mass is 214 g/mol. The highest BCUT2D eigenvalue weighted by molar-refractivity contribution is 7.71. The number of aromatic nitrogens is 4. The number of nitrogens with one attached hydrogen (secondary N) is 2. The maximum Gasteiger partial charge on any atom is 0.342 e. The average molecular weight is 214 g/mol. The summed E-state index contributed by atoms with van der Waals surface area (Å²) >= 11 is 6.39. The minimum absolute atomic E-state index is 0.238. The van der Waals surface area contributed by atoms with Gasteiger partial charge in [-0.15, -0.1) is 11.3 Å². The van der Waals surface area contributed by atoms with Crippen LogP contribution < -0.4 is 5.69 Å². The van der Waals surface area contributed by atoms with Gasteiger partial charge in [-0.2, -0.15) is 0 Å². The maximum absolute atomic E-state index is 11.2. The number of rotatable bonds is 2. The fraction of sp³-hybridized carbons (Fsp3) is 0.167. The van der Waals surface area contributed by atoms with Crippen LogP contribution in [0, 0.1) is 4.77 Å². The third kappa shape index (κ3) is 1.61. The van der Waals surface area contributed by atoms with Gasteiger partial charge in [0.15, 0.2) is 4.77 Å². The molecule has 0 saturated heterocycles. The van der Waals surface area contributed by atoms with Crippen LogP contribution in [0.15, 0.2) is 15.7 Å². The molecule has 2 aromatic rings. The van der Waals surface area contributed by atoms with Gasteiger partial charge in [-0.3, -0.25) is 9.67 Å². The lowest BCUT2D eigenvalue weighted by Crippen LogP contribution is -2.17. The van der Waals surface area contributed by atoms with Crippen LogP contribution in [0.1, 0.15) is 5.69 Å². The van der Waals surface area contributed by atoms with E-state index in [0.717, 1.165) is 5.69 Å². The van der Waals surface area contributed by atoms with Crippen molar-refractivity contribution >= 4 is 23.6 Å². The topological polar surface area (TPSA) is 66.5 Å². The van der Waals surface area contributed by atoms with Crippen LogP contribution in [0.5, 0.6) is 0 Å². The molecule has 13 heavy (non-hydrogen) atoms. The Balaban J connectivity index is 2.38. The normalized spacial score (nSPS) is 10.5. The molecule has 0 bridgehead atoms. The Labute approximate surface area is 82.1 Å². The van der Waals surface area contributed by atoms with E-state index in [1.807, 2.05) is 5.38 Å². The van der Waals surface area contributed by atoms with Gasteiger partial charge in [-0.1, -0.05) is 0 Å². The average Bonchev–Trinajstić information content (AvgIpc) is 2.70. The molecule has 2 N–H and O–H groups in total. The summed E-state index contributed by atoms with van der Waals surface area (Å²) in [6, 6.07) is 0. The maximum atomic E-state index is 11.2. The first-order valence-electron chi connectivity index (χ1n) is 3.52. The van der Waals surface area contributed by atoms with E-state index < -0.39 is 0 Å². The van der Waals surface area contributed by atoms with Crippen LogP contribution in [0.3, 0.4) is 0 Å². The molecule has 0 radical (unpaired) electrons. The largest absolute Gasteiger partial charge is 0.342 e. The van der Waals surface area contributed by atoms with Crippen LogP contribution in [-0.2, 0) is 6.54 Å². The first-order valence-corrected chi connectivity index (χ1v) is 4.87. The first kappa shape index (κ1) is 8.39.